The summed E-state index contributed by atoms with van der Waals surface area (Å²) in [5.41, 5.74) is 1.03. The van der Waals surface area contributed by atoms with Crippen LogP contribution in [0.5, 0.6) is 11.5 Å². The molecule has 0 aromatic heterocycles. The number of hydrogen-bond donors (Lipinski definition) is 1. The second kappa shape index (κ2) is 6.17. The highest BCUT2D eigenvalue weighted by molar-refractivity contribution is 9.10. The Bertz CT molecular complexity index is 554. The molecule has 1 unspecified atom stereocenters. The smallest absolute Gasteiger partial charge is 0.132 e. The van der Waals surface area contributed by atoms with E-state index in [9.17, 15) is 4.39 Å². The molecule has 0 saturated carbocycles. The first-order valence-corrected chi connectivity index (χ1v) is 6.79. The van der Waals surface area contributed by atoms with E-state index in [-0.39, 0.29) is 11.9 Å². The Morgan fingerprint density at radius 3 is 2.63 bits per heavy atom. The maximum Gasteiger partial charge on any atom is 0.132 e. The number of para-hydroxylation sites is 1. The average molecular weight is 324 g/mol. The molecule has 0 saturated heterocycles. The lowest BCUT2D eigenvalue weighted by Crippen LogP contribution is -2.13. The molecule has 4 heteroatoms. The van der Waals surface area contributed by atoms with Gasteiger partial charge in [0.25, 0.3) is 0 Å². The largest absolute Gasteiger partial charge is 0.457 e. The molecule has 19 heavy (non-hydrogen) atoms. The Kier molecular flexibility index (Phi) is 4.56. The topological polar surface area (TPSA) is 21.3 Å². The predicted molar refractivity (Wildman–Crippen MR) is 78.1 cm³/mol. The van der Waals surface area contributed by atoms with Gasteiger partial charge in [0.05, 0.1) is 0 Å². The van der Waals surface area contributed by atoms with Crippen molar-refractivity contribution in [2.24, 2.45) is 0 Å². The van der Waals surface area contributed by atoms with Crippen LogP contribution >= 0.6 is 15.9 Å². The Balaban J connectivity index is 2.32. The SMILES string of the molecule is CNC(C)c1ccccc1Oc1cc(F)cc(Br)c1. The molecule has 100 valence electrons. The Labute approximate surface area is 120 Å². The second-order valence-electron chi connectivity index (χ2n) is 4.26. The summed E-state index contributed by atoms with van der Waals surface area (Å²) in [5, 5.41) is 3.17. The van der Waals surface area contributed by atoms with Gasteiger partial charge in [0.1, 0.15) is 17.3 Å². The fourth-order valence-corrected chi connectivity index (χ4v) is 2.25. The first-order chi connectivity index (χ1) is 9.10. The third-order valence-corrected chi connectivity index (χ3v) is 3.34. The van der Waals surface area contributed by atoms with E-state index in [0.717, 1.165) is 11.3 Å². The molecule has 2 rings (SSSR count). The zero-order chi connectivity index (χ0) is 13.8. The van der Waals surface area contributed by atoms with Crippen molar-refractivity contribution in [1.82, 2.24) is 5.32 Å². The van der Waals surface area contributed by atoms with E-state index in [1.54, 1.807) is 6.07 Å². The highest BCUT2D eigenvalue weighted by Crippen LogP contribution is 2.31. The standard InChI is InChI=1S/C15H15BrFNO/c1-10(18-2)14-5-3-4-6-15(14)19-13-8-11(16)7-12(17)9-13/h3-10,18H,1-2H3. The van der Waals surface area contributed by atoms with Crippen molar-refractivity contribution in [2.75, 3.05) is 7.05 Å². The molecule has 2 aromatic rings. The fraction of sp³-hybridized carbons (Fsp3) is 0.200. The summed E-state index contributed by atoms with van der Waals surface area (Å²) in [6.45, 7) is 2.05. The molecule has 1 atom stereocenters. The lowest BCUT2D eigenvalue weighted by molar-refractivity contribution is 0.461. The molecule has 2 aromatic carbocycles. The molecule has 0 bridgehead atoms. The van der Waals surface area contributed by atoms with E-state index >= 15 is 0 Å². The molecule has 0 radical (unpaired) electrons. The van der Waals surface area contributed by atoms with Crippen LogP contribution in [0.15, 0.2) is 46.9 Å². The van der Waals surface area contributed by atoms with Crippen LogP contribution in [0.3, 0.4) is 0 Å². The number of benzene rings is 2. The molecule has 0 amide bonds. The first kappa shape index (κ1) is 14.0. The van der Waals surface area contributed by atoms with E-state index in [1.807, 2.05) is 38.2 Å². The van der Waals surface area contributed by atoms with Crippen molar-refractivity contribution in [2.45, 2.75) is 13.0 Å². The number of halogens is 2. The van der Waals surface area contributed by atoms with Gasteiger partial charge in [0.2, 0.25) is 0 Å². The van der Waals surface area contributed by atoms with Gasteiger partial charge in [0.15, 0.2) is 0 Å². The summed E-state index contributed by atoms with van der Waals surface area (Å²) in [4.78, 5) is 0. The van der Waals surface area contributed by atoms with E-state index in [2.05, 4.69) is 21.2 Å². The Hall–Kier alpha value is -1.39. The molecule has 0 aliphatic heterocycles. The normalized spacial score (nSPS) is 12.2. The molecule has 0 aliphatic carbocycles. The van der Waals surface area contributed by atoms with E-state index < -0.39 is 0 Å². The Morgan fingerprint density at radius 2 is 1.95 bits per heavy atom. The zero-order valence-electron chi connectivity index (χ0n) is 10.8. The minimum absolute atomic E-state index is 0.160. The van der Waals surface area contributed by atoms with Gasteiger partial charge >= 0.3 is 0 Å². The molecular weight excluding hydrogens is 309 g/mol. The minimum Gasteiger partial charge on any atom is -0.457 e. The lowest BCUT2D eigenvalue weighted by Gasteiger charge is -2.16. The van der Waals surface area contributed by atoms with Crippen LogP contribution < -0.4 is 10.1 Å². The van der Waals surface area contributed by atoms with E-state index in [1.165, 1.54) is 12.1 Å². The summed E-state index contributed by atoms with van der Waals surface area (Å²) in [7, 11) is 1.89. The van der Waals surface area contributed by atoms with Crippen LogP contribution in [-0.2, 0) is 0 Å². The average Bonchev–Trinajstić information content (AvgIpc) is 2.37. The van der Waals surface area contributed by atoms with Gasteiger partial charge in [-0.1, -0.05) is 34.1 Å². The zero-order valence-corrected chi connectivity index (χ0v) is 12.4. The summed E-state index contributed by atoms with van der Waals surface area (Å²) in [6.07, 6.45) is 0. The third-order valence-electron chi connectivity index (χ3n) is 2.88. The van der Waals surface area contributed by atoms with Crippen molar-refractivity contribution in [3.05, 3.63) is 58.3 Å². The second-order valence-corrected chi connectivity index (χ2v) is 5.17. The van der Waals surface area contributed by atoms with E-state index in [4.69, 9.17) is 4.74 Å². The molecule has 0 spiro atoms. The minimum atomic E-state index is -0.330. The first-order valence-electron chi connectivity index (χ1n) is 6.00. The summed E-state index contributed by atoms with van der Waals surface area (Å²) in [5.74, 6) is 0.869. The number of rotatable bonds is 4. The Morgan fingerprint density at radius 1 is 1.21 bits per heavy atom. The molecular formula is C15H15BrFNO. The van der Waals surface area contributed by atoms with Gasteiger partial charge in [-0.3, -0.25) is 0 Å². The van der Waals surface area contributed by atoms with E-state index in [0.29, 0.717) is 10.2 Å². The third kappa shape index (κ3) is 3.55. The number of hydrogen-bond acceptors (Lipinski definition) is 2. The van der Waals surface area contributed by atoms with Gasteiger partial charge < -0.3 is 10.1 Å². The van der Waals surface area contributed by atoms with Crippen molar-refractivity contribution in [1.29, 1.82) is 0 Å². The van der Waals surface area contributed by atoms with Crippen LogP contribution in [0.2, 0.25) is 0 Å². The van der Waals surface area contributed by atoms with Crippen LogP contribution in [0.25, 0.3) is 0 Å². The highest BCUT2D eigenvalue weighted by Gasteiger charge is 2.10. The predicted octanol–water partition coefficient (Wildman–Crippen LogP) is 4.66. The molecule has 0 heterocycles. The van der Waals surface area contributed by atoms with Crippen LogP contribution in [0.4, 0.5) is 4.39 Å². The lowest BCUT2D eigenvalue weighted by atomic mass is 10.1. The van der Waals surface area contributed by atoms with Crippen molar-refractivity contribution in [3.63, 3.8) is 0 Å². The maximum atomic E-state index is 13.3. The fourth-order valence-electron chi connectivity index (χ4n) is 1.80. The van der Waals surface area contributed by atoms with Crippen LogP contribution in [-0.4, -0.2) is 7.05 Å². The molecule has 0 aliphatic rings. The monoisotopic (exact) mass is 323 g/mol. The van der Waals surface area contributed by atoms with Crippen molar-refractivity contribution in [3.8, 4) is 11.5 Å². The highest BCUT2D eigenvalue weighted by atomic mass is 79.9. The van der Waals surface area contributed by atoms with Gasteiger partial charge in [-0.25, -0.2) is 4.39 Å². The van der Waals surface area contributed by atoms with Crippen LogP contribution in [0, 0.1) is 5.82 Å². The summed E-state index contributed by atoms with van der Waals surface area (Å²) in [6, 6.07) is 12.4. The maximum absolute atomic E-state index is 13.3. The summed E-state index contributed by atoms with van der Waals surface area (Å²) < 4.78 is 19.8. The number of ether oxygens (including phenoxy) is 1. The quantitative estimate of drug-likeness (QED) is 0.883. The molecule has 2 nitrogen and oxygen atoms in total. The van der Waals surface area contributed by atoms with Crippen molar-refractivity contribution >= 4 is 15.9 Å². The van der Waals surface area contributed by atoms with Crippen molar-refractivity contribution < 1.29 is 9.13 Å². The summed E-state index contributed by atoms with van der Waals surface area (Å²) >= 11 is 3.26. The van der Waals surface area contributed by atoms with Gasteiger partial charge in [-0.2, -0.15) is 0 Å². The molecule has 0 fully saturated rings. The van der Waals surface area contributed by atoms with Gasteiger partial charge in [0, 0.05) is 22.1 Å². The van der Waals surface area contributed by atoms with Gasteiger partial charge in [-0.05, 0) is 32.2 Å². The number of nitrogens with one attached hydrogen (secondary N) is 1. The van der Waals surface area contributed by atoms with Crippen LogP contribution in [0.1, 0.15) is 18.5 Å². The molecule has 1 N–H and O–H groups in total. The van der Waals surface area contributed by atoms with Gasteiger partial charge in [-0.15, -0.1) is 0 Å².